The number of benzene rings is 8. The van der Waals surface area contributed by atoms with E-state index in [9.17, 15) is 0 Å². The Labute approximate surface area is 357 Å². The summed E-state index contributed by atoms with van der Waals surface area (Å²) < 4.78 is 0. The minimum Gasteiger partial charge on any atom is -0.208 e. The molecule has 1 heterocycles. The van der Waals surface area contributed by atoms with E-state index in [1.807, 2.05) is 36.4 Å². The molecule has 0 unspecified atom stereocenters. The van der Waals surface area contributed by atoms with E-state index in [4.69, 9.17) is 15.0 Å². The molecule has 11 rings (SSSR count). The van der Waals surface area contributed by atoms with E-state index in [0.717, 1.165) is 46.2 Å². The molecule has 3 heteroatoms. The van der Waals surface area contributed by atoms with Crippen LogP contribution in [0.15, 0.2) is 230 Å². The van der Waals surface area contributed by atoms with Crippen LogP contribution in [0.25, 0.3) is 67.6 Å². The third-order valence-electron chi connectivity index (χ3n) is 12.4. The number of rotatable bonds is 8. The molecule has 0 spiro atoms. The van der Waals surface area contributed by atoms with E-state index in [2.05, 4.69) is 188 Å². The van der Waals surface area contributed by atoms with Gasteiger partial charge in [0.1, 0.15) is 0 Å². The van der Waals surface area contributed by atoms with Gasteiger partial charge in [-0.25, -0.2) is 15.0 Å². The van der Waals surface area contributed by atoms with Crippen molar-refractivity contribution in [3.8, 4) is 56.4 Å². The lowest BCUT2D eigenvalue weighted by Crippen LogP contribution is -2.29. The Balaban J connectivity index is 0.944. The van der Waals surface area contributed by atoms with Crippen LogP contribution in [0.5, 0.6) is 0 Å². The number of allylic oxidation sites excluding steroid dienone is 4. The number of hydrogen-bond donors (Lipinski definition) is 0. The summed E-state index contributed by atoms with van der Waals surface area (Å²) in [7, 11) is 0. The predicted molar refractivity (Wildman–Crippen MR) is 250 cm³/mol. The molecule has 0 fully saturated rings. The van der Waals surface area contributed by atoms with Gasteiger partial charge < -0.3 is 0 Å². The lowest BCUT2D eigenvalue weighted by atomic mass is 9.66. The standard InChI is InChI=1S/C58H41N3/c1-5-16-40(17-6-1)41-32-34-45(35-33-41)56-59-55(44-18-7-2-8-19-44)60-57(61-56)48-21-15-20-46(38-48)42-28-30-43(31-29-42)47-36-37-52-51-26-13-14-27-53(51)58(54(52)39-47,49-22-9-3-10-23-49)50-24-11-4-12-25-50/h1-35,38-39H,36-37H2. The average Bonchev–Trinajstić information content (AvgIpc) is 3.65. The quantitative estimate of drug-likeness (QED) is 0.154. The maximum atomic E-state index is 5.07. The fraction of sp³-hybridized carbons (Fsp3) is 0.0517. The van der Waals surface area contributed by atoms with Crippen LogP contribution in [0.3, 0.4) is 0 Å². The number of aromatic nitrogens is 3. The Morgan fingerprint density at radius 3 is 1.38 bits per heavy atom. The van der Waals surface area contributed by atoms with Crippen molar-refractivity contribution in [3.05, 3.63) is 258 Å². The Hall–Kier alpha value is -7.75. The summed E-state index contributed by atoms with van der Waals surface area (Å²) in [4.78, 5) is 15.1. The lowest BCUT2D eigenvalue weighted by molar-refractivity contribution is 0.758. The molecule has 0 saturated heterocycles. The number of nitrogens with zero attached hydrogens (tertiary/aromatic N) is 3. The number of hydrogen-bond acceptors (Lipinski definition) is 3. The molecule has 8 aromatic carbocycles. The van der Waals surface area contributed by atoms with Gasteiger partial charge in [-0.2, -0.15) is 0 Å². The van der Waals surface area contributed by atoms with Gasteiger partial charge in [0.2, 0.25) is 0 Å². The topological polar surface area (TPSA) is 38.7 Å². The van der Waals surface area contributed by atoms with Crippen LogP contribution in [0.1, 0.15) is 40.7 Å². The highest BCUT2D eigenvalue weighted by atomic mass is 15.0. The summed E-state index contributed by atoms with van der Waals surface area (Å²) in [5, 5.41) is 0. The van der Waals surface area contributed by atoms with Crippen molar-refractivity contribution in [2.45, 2.75) is 18.3 Å². The zero-order valence-electron chi connectivity index (χ0n) is 33.6. The number of fused-ring (bicyclic) bond motifs is 2. The van der Waals surface area contributed by atoms with Crippen LogP contribution in [0, 0.1) is 0 Å². The summed E-state index contributed by atoms with van der Waals surface area (Å²) in [5.41, 5.74) is 17.8. The molecule has 0 amide bonds. The van der Waals surface area contributed by atoms with E-state index in [-0.39, 0.29) is 5.41 Å². The summed E-state index contributed by atoms with van der Waals surface area (Å²) >= 11 is 0. The van der Waals surface area contributed by atoms with E-state index in [1.165, 1.54) is 50.1 Å². The largest absolute Gasteiger partial charge is 0.208 e. The van der Waals surface area contributed by atoms with E-state index >= 15 is 0 Å². The molecule has 0 bridgehead atoms. The third-order valence-corrected chi connectivity index (χ3v) is 12.4. The molecule has 0 N–H and O–H groups in total. The monoisotopic (exact) mass is 779 g/mol. The van der Waals surface area contributed by atoms with Gasteiger partial charge in [0.15, 0.2) is 17.5 Å². The summed E-state index contributed by atoms with van der Waals surface area (Å²) in [5.74, 6) is 1.94. The SMILES string of the molecule is C1=C(c2ccc(-c3cccc(-c4nc(-c5ccccc5)nc(-c5ccc(-c6ccccc6)cc5)n4)c3)cc2)CCC2=C1C(c1ccccc1)(c1ccccc1)c1ccccc12. The van der Waals surface area contributed by atoms with Gasteiger partial charge in [0.05, 0.1) is 5.41 Å². The van der Waals surface area contributed by atoms with E-state index in [1.54, 1.807) is 0 Å². The summed E-state index contributed by atoms with van der Waals surface area (Å²) in [6.07, 6.45) is 4.49. The fourth-order valence-corrected chi connectivity index (χ4v) is 9.46. The Bertz CT molecular complexity index is 3040. The molecule has 0 atom stereocenters. The average molecular weight is 780 g/mol. The predicted octanol–water partition coefficient (Wildman–Crippen LogP) is 14.2. The maximum absolute atomic E-state index is 5.07. The van der Waals surface area contributed by atoms with Crippen molar-refractivity contribution < 1.29 is 0 Å². The third kappa shape index (κ3) is 6.52. The van der Waals surface area contributed by atoms with E-state index < -0.39 is 0 Å². The van der Waals surface area contributed by atoms with Crippen molar-refractivity contribution in [2.75, 3.05) is 0 Å². The first-order valence-electron chi connectivity index (χ1n) is 21.1. The molecule has 2 aliphatic rings. The Kier molecular flexibility index (Phi) is 9.20. The van der Waals surface area contributed by atoms with Crippen molar-refractivity contribution in [1.29, 1.82) is 0 Å². The van der Waals surface area contributed by atoms with Crippen LogP contribution in [-0.2, 0) is 5.41 Å². The summed E-state index contributed by atoms with van der Waals surface area (Å²) in [6.45, 7) is 0. The molecule has 288 valence electrons. The normalized spacial score (nSPS) is 13.9. The van der Waals surface area contributed by atoms with Crippen molar-refractivity contribution in [3.63, 3.8) is 0 Å². The second-order valence-electron chi connectivity index (χ2n) is 15.9. The zero-order chi connectivity index (χ0) is 40.6. The Morgan fingerprint density at radius 2 is 0.754 bits per heavy atom. The van der Waals surface area contributed by atoms with Gasteiger partial charge in [-0.3, -0.25) is 0 Å². The molecular weight excluding hydrogens is 739 g/mol. The minimum atomic E-state index is -0.388. The Morgan fingerprint density at radius 1 is 0.328 bits per heavy atom. The van der Waals surface area contributed by atoms with Crippen molar-refractivity contribution >= 4 is 11.1 Å². The van der Waals surface area contributed by atoms with Crippen LogP contribution < -0.4 is 0 Å². The molecule has 2 aliphatic carbocycles. The molecule has 0 radical (unpaired) electrons. The molecule has 0 aliphatic heterocycles. The van der Waals surface area contributed by atoms with Crippen LogP contribution in [0.2, 0.25) is 0 Å². The highest BCUT2D eigenvalue weighted by Gasteiger charge is 2.47. The molecule has 1 aromatic heterocycles. The fourth-order valence-electron chi connectivity index (χ4n) is 9.46. The molecule has 9 aromatic rings. The van der Waals surface area contributed by atoms with Gasteiger partial charge in [-0.15, -0.1) is 0 Å². The smallest absolute Gasteiger partial charge is 0.164 e. The first-order valence-corrected chi connectivity index (χ1v) is 21.1. The highest BCUT2D eigenvalue weighted by Crippen LogP contribution is 2.58. The summed E-state index contributed by atoms with van der Waals surface area (Å²) in [6, 6.07) is 77.9. The van der Waals surface area contributed by atoms with Gasteiger partial charge in [-0.05, 0) is 85.7 Å². The van der Waals surface area contributed by atoms with Crippen LogP contribution >= 0.6 is 0 Å². The molecule has 3 nitrogen and oxygen atoms in total. The molecule has 61 heavy (non-hydrogen) atoms. The zero-order valence-corrected chi connectivity index (χ0v) is 33.6. The maximum Gasteiger partial charge on any atom is 0.164 e. The van der Waals surface area contributed by atoms with E-state index in [0.29, 0.717) is 17.5 Å². The first kappa shape index (κ1) is 36.3. The lowest BCUT2D eigenvalue weighted by Gasteiger charge is -2.36. The molecular formula is C58H41N3. The van der Waals surface area contributed by atoms with Gasteiger partial charge >= 0.3 is 0 Å². The van der Waals surface area contributed by atoms with Crippen LogP contribution in [0.4, 0.5) is 0 Å². The van der Waals surface area contributed by atoms with Crippen molar-refractivity contribution in [2.24, 2.45) is 0 Å². The molecule has 0 saturated carbocycles. The second kappa shape index (κ2) is 15.4. The van der Waals surface area contributed by atoms with Crippen LogP contribution in [-0.4, -0.2) is 15.0 Å². The highest BCUT2D eigenvalue weighted by molar-refractivity contribution is 5.92. The second-order valence-corrected chi connectivity index (χ2v) is 15.9. The minimum absolute atomic E-state index is 0.388. The van der Waals surface area contributed by atoms with Gasteiger partial charge in [0.25, 0.3) is 0 Å². The van der Waals surface area contributed by atoms with Crippen molar-refractivity contribution in [1.82, 2.24) is 15.0 Å². The van der Waals surface area contributed by atoms with Gasteiger partial charge in [0, 0.05) is 16.7 Å². The first-order chi connectivity index (χ1) is 30.2. The van der Waals surface area contributed by atoms with Gasteiger partial charge in [-0.1, -0.05) is 218 Å².